The van der Waals surface area contributed by atoms with Crippen LogP contribution in [0.1, 0.15) is 18.5 Å². The molecule has 1 aromatic rings. The van der Waals surface area contributed by atoms with Gasteiger partial charge in [0.25, 0.3) is 6.43 Å². The minimum Gasteiger partial charge on any atom is -0.472 e. The largest absolute Gasteiger partial charge is 0.472 e. The van der Waals surface area contributed by atoms with Crippen molar-refractivity contribution in [3.8, 4) is 5.88 Å². The first-order valence-electron chi connectivity index (χ1n) is 4.22. The summed E-state index contributed by atoms with van der Waals surface area (Å²) in [5.74, 6) is 0.190. The smallest absolute Gasteiger partial charge is 0.272 e. The molecule has 1 rings (SSSR count). The molecule has 1 aromatic heterocycles. The Morgan fingerprint density at radius 2 is 2.13 bits per heavy atom. The third-order valence-electron chi connectivity index (χ3n) is 1.64. The number of nitrogens with zero attached hydrogens (tertiary/aromatic N) is 1. The number of halogens is 3. The van der Waals surface area contributed by atoms with Gasteiger partial charge in [0, 0.05) is 18.3 Å². The second-order valence-electron chi connectivity index (χ2n) is 2.92. The summed E-state index contributed by atoms with van der Waals surface area (Å²) in [7, 11) is 0. The van der Waals surface area contributed by atoms with Crippen LogP contribution >= 0.6 is 12.4 Å². The van der Waals surface area contributed by atoms with Gasteiger partial charge >= 0.3 is 0 Å². The molecule has 0 aliphatic carbocycles. The maximum Gasteiger partial charge on any atom is 0.272 e. The van der Waals surface area contributed by atoms with Crippen molar-refractivity contribution >= 4 is 12.4 Å². The highest BCUT2D eigenvalue weighted by Crippen LogP contribution is 2.12. The van der Waals surface area contributed by atoms with E-state index in [4.69, 9.17) is 10.5 Å². The van der Waals surface area contributed by atoms with E-state index in [-0.39, 0.29) is 24.3 Å². The van der Waals surface area contributed by atoms with E-state index < -0.39 is 13.0 Å². The summed E-state index contributed by atoms with van der Waals surface area (Å²) >= 11 is 0. The molecular formula is C9H13ClF2N2O. The number of hydrogen-bond donors (Lipinski definition) is 1. The van der Waals surface area contributed by atoms with Crippen molar-refractivity contribution in [1.29, 1.82) is 0 Å². The van der Waals surface area contributed by atoms with Crippen LogP contribution in [-0.4, -0.2) is 18.0 Å². The van der Waals surface area contributed by atoms with Gasteiger partial charge in [0.15, 0.2) is 6.61 Å². The molecule has 0 bridgehead atoms. The molecule has 86 valence electrons. The van der Waals surface area contributed by atoms with E-state index in [1.54, 1.807) is 6.07 Å². The van der Waals surface area contributed by atoms with E-state index in [0.29, 0.717) is 0 Å². The van der Waals surface area contributed by atoms with Crippen LogP contribution in [0.4, 0.5) is 8.78 Å². The Morgan fingerprint density at radius 3 is 2.53 bits per heavy atom. The number of pyridine rings is 1. The summed E-state index contributed by atoms with van der Waals surface area (Å²) < 4.78 is 28.2. The minimum atomic E-state index is -2.48. The molecule has 0 spiro atoms. The zero-order valence-electron chi connectivity index (χ0n) is 8.19. The van der Waals surface area contributed by atoms with E-state index in [1.807, 2.05) is 6.92 Å². The summed E-state index contributed by atoms with van der Waals surface area (Å²) in [5.41, 5.74) is 6.43. The van der Waals surface area contributed by atoms with Crippen molar-refractivity contribution in [2.45, 2.75) is 19.4 Å². The summed E-state index contributed by atoms with van der Waals surface area (Å²) in [6.07, 6.45) is -0.962. The highest BCUT2D eigenvalue weighted by atomic mass is 35.5. The molecule has 0 radical (unpaired) electrons. The van der Waals surface area contributed by atoms with Crippen LogP contribution in [0.3, 0.4) is 0 Å². The Kier molecular flexibility index (Phi) is 6.12. The van der Waals surface area contributed by atoms with Crippen molar-refractivity contribution in [3.05, 3.63) is 23.9 Å². The van der Waals surface area contributed by atoms with Crippen molar-refractivity contribution < 1.29 is 13.5 Å². The molecule has 2 N–H and O–H groups in total. The molecule has 1 atom stereocenters. The quantitative estimate of drug-likeness (QED) is 0.875. The zero-order chi connectivity index (χ0) is 10.6. The molecular weight excluding hydrogens is 226 g/mol. The fourth-order valence-corrected chi connectivity index (χ4v) is 0.895. The molecule has 0 saturated carbocycles. The molecule has 0 amide bonds. The van der Waals surface area contributed by atoms with Crippen molar-refractivity contribution in [3.63, 3.8) is 0 Å². The van der Waals surface area contributed by atoms with E-state index in [0.717, 1.165) is 5.56 Å². The van der Waals surface area contributed by atoms with Gasteiger partial charge in [-0.15, -0.1) is 12.4 Å². The molecule has 1 unspecified atom stereocenters. The van der Waals surface area contributed by atoms with Crippen molar-refractivity contribution in [2.24, 2.45) is 5.73 Å². The van der Waals surface area contributed by atoms with Crippen LogP contribution in [0.2, 0.25) is 0 Å². The van der Waals surface area contributed by atoms with Crippen molar-refractivity contribution in [2.75, 3.05) is 6.61 Å². The molecule has 0 aliphatic rings. The average molecular weight is 239 g/mol. The van der Waals surface area contributed by atoms with Gasteiger partial charge in [-0.25, -0.2) is 13.8 Å². The molecule has 0 saturated heterocycles. The number of alkyl halides is 2. The predicted molar refractivity (Wildman–Crippen MR) is 55.6 cm³/mol. The molecule has 15 heavy (non-hydrogen) atoms. The van der Waals surface area contributed by atoms with Gasteiger partial charge in [-0.05, 0) is 12.5 Å². The second kappa shape index (κ2) is 6.53. The van der Waals surface area contributed by atoms with Crippen molar-refractivity contribution in [1.82, 2.24) is 4.98 Å². The molecule has 3 nitrogen and oxygen atoms in total. The highest BCUT2D eigenvalue weighted by molar-refractivity contribution is 5.85. The topological polar surface area (TPSA) is 48.1 Å². The Morgan fingerprint density at radius 1 is 1.47 bits per heavy atom. The predicted octanol–water partition coefficient (Wildman–Crippen LogP) is 2.17. The average Bonchev–Trinajstić information content (AvgIpc) is 2.15. The van der Waals surface area contributed by atoms with Gasteiger partial charge in [0.05, 0.1) is 0 Å². The van der Waals surface area contributed by atoms with Gasteiger partial charge in [-0.2, -0.15) is 0 Å². The van der Waals surface area contributed by atoms with Crippen LogP contribution in [0, 0.1) is 0 Å². The van der Waals surface area contributed by atoms with Gasteiger partial charge < -0.3 is 10.5 Å². The number of ether oxygens (including phenoxy) is 1. The highest BCUT2D eigenvalue weighted by Gasteiger charge is 2.05. The first kappa shape index (κ1) is 14.1. The Labute approximate surface area is 93.0 Å². The van der Waals surface area contributed by atoms with Gasteiger partial charge in [-0.1, -0.05) is 6.07 Å². The van der Waals surface area contributed by atoms with Crippen LogP contribution < -0.4 is 10.5 Å². The summed E-state index contributed by atoms with van der Waals surface area (Å²) in [6.45, 7) is 1.18. The molecule has 0 aliphatic heterocycles. The van der Waals surface area contributed by atoms with Crippen LogP contribution in [0.5, 0.6) is 5.88 Å². The lowest BCUT2D eigenvalue weighted by Gasteiger charge is -2.07. The summed E-state index contributed by atoms with van der Waals surface area (Å²) in [4.78, 5) is 3.84. The lowest BCUT2D eigenvalue weighted by molar-refractivity contribution is 0.0796. The number of aromatic nitrogens is 1. The zero-order valence-corrected chi connectivity index (χ0v) is 9.01. The Hall–Kier alpha value is -0.940. The second-order valence-corrected chi connectivity index (χ2v) is 2.92. The monoisotopic (exact) mass is 238 g/mol. The first-order chi connectivity index (χ1) is 6.59. The van der Waals surface area contributed by atoms with Crippen LogP contribution in [-0.2, 0) is 0 Å². The fraction of sp³-hybridized carbons (Fsp3) is 0.444. The lowest BCUT2D eigenvalue weighted by atomic mass is 10.2. The SMILES string of the molecule is CC(N)c1ccc(OCC(F)F)nc1.Cl. The summed E-state index contributed by atoms with van der Waals surface area (Å²) in [6, 6.07) is 3.12. The standard InChI is InChI=1S/C9H12F2N2O.ClH/c1-6(12)7-2-3-9(13-4-7)14-5-8(10)11;/h2-4,6,8H,5,12H2,1H3;1H. The van der Waals surface area contributed by atoms with Crippen LogP contribution in [0.25, 0.3) is 0 Å². The van der Waals surface area contributed by atoms with Gasteiger partial charge in [0.1, 0.15) is 0 Å². The van der Waals surface area contributed by atoms with E-state index in [2.05, 4.69) is 4.98 Å². The molecule has 1 heterocycles. The third kappa shape index (κ3) is 4.90. The number of rotatable bonds is 4. The number of nitrogens with two attached hydrogens (primary N) is 1. The van der Waals surface area contributed by atoms with E-state index >= 15 is 0 Å². The molecule has 6 heteroatoms. The van der Waals surface area contributed by atoms with Gasteiger partial charge in [-0.3, -0.25) is 0 Å². The van der Waals surface area contributed by atoms with E-state index in [9.17, 15) is 8.78 Å². The van der Waals surface area contributed by atoms with Crippen LogP contribution in [0.15, 0.2) is 18.3 Å². The number of hydrogen-bond acceptors (Lipinski definition) is 3. The van der Waals surface area contributed by atoms with Gasteiger partial charge in [0.2, 0.25) is 5.88 Å². The fourth-order valence-electron chi connectivity index (χ4n) is 0.895. The first-order valence-corrected chi connectivity index (χ1v) is 4.22. The Bertz CT molecular complexity index is 280. The summed E-state index contributed by atoms with van der Waals surface area (Å²) in [5, 5.41) is 0. The minimum absolute atomic E-state index is 0. The molecule has 0 fully saturated rings. The molecule has 0 aromatic carbocycles. The van der Waals surface area contributed by atoms with E-state index in [1.165, 1.54) is 12.3 Å². The third-order valence-corrected chi connectivity index (χ3v) is 1.64. The lowest BCUT2D eigenvalue weighted by Crippen LogP contribution is -2.09. The Balaban J connectivity index is 0.00000196. The normalized spacial score (nSPS) is 12.1. The maximum absolute atomic E-state index is 11.8. The maximum atomic E-state index is 11.8.